The summed E-state index contributed by atoms with van der Waals surface area (Å²) in [5, 5.41) is 17.7. The first-order valence-corrected chi connectivity index (χ1v) is 8.40. The van der Waals surface area contributed by atoms with Gasteiger partial charge in [-0.2, -0.15) is 13.2 Å². The Morgan fingerprint density at radius 3 is 2.29 bits per heavy atom. The van der Waals surface area contributed by atoms with E-state index in [1.807, 2.05) is 0 Å². The summed E-state index contributed by atoms with van der Waals surface area (Å²) >= 11 is 6.06. The van der Waals surface area contributed by atoms with Crippen LogP contribution in [0.1, 0.15) is 21.6 Å². The van der Waals surface area contributed by atoms with E-state index >= 15 is 0 Å². The minimum absolute atomic E-state index is 0.0441. The van der Waals surface area contributed by atoms with Crippen molar-refractivity contribution in [3.63, 3.8) is 0 Å². The molecule has 5 nitrogen and oxygen atoms in total. The summed E-state index contributed by atoms with van der Waals surface area (Å²) in [6.07, 6.45) is -4.48. The van der Waals surface area contributed by atoms with Crippen molar-refractivity contribution in [2.75, 3.05) is 5.32 Å². The van der Waals surface area contributed by atoms with Crippen LogP contribution >= 0.6 is 11.6 Å². The molecule has 0 radical (unpaired) electrons. The number of alkyl halides is 3. The fourth-order valence-corrected chi connectivity index (χ4v) is 2.93. The van der Waals surface area contributed by atoms with Crippen molar-refractivity contribution in [2.24, 2.45) is 0 Å². The Bertz CT molecular complexity index is 1020. The monoisotopic (exact) mass is 407 g/mol. The molecule has 1 heterocycles. The SMILES string of the molecule is Cc1c(-c2ccccc2)c(C(=O)Nc2ccc(C(F)(F)F)cc2)c(Cl)n[n+]1[O-]. The van der Waals surface area contributed by atoms with Gasteiger partial charge in [-0.15, -0.1) is 0 Å². The molecule has 0 saturated carbocycles. The Hall–Kier alpha value is -3.13. The number of hydrogen-bond acceptors (Lipinski definition) is 3. The van der Waals surface area contributed by atoms with Crippen LogP contribution in [0.25, 0.3) is 11.1 Å². The molecule has 0 spiro atoms. The fraction of sp³-hybridized carbons (Fsp3) is 0.105. The summed E-state index contributed by atoms with van der Waals surface area (Å²) in [7, 11) is 0. The lowest BCUT2D eigenvalue weighted by atomic mass is 9.99. The van der Waals surface area contributed by atoms with Crippen molar-refractivity contribution in [1.29, 1.82) is 0 Å². The molecule has 1 N–H and O–H groups in total. The quantitative estimate of drug-likeness (QED) is 0.509. The van der Waals surface area contributed by atoms with E-state index in [0.717, 1.165) is 24.3 Å². The van der Waals surface area contributed by atoms with Gasteiger partial charge < -0.3 is 10.5 Å². The van der Waals surface area contributed by atoms with Gasteiger partial charge in [0.15, 0.2) is 0 Å². The minimum Gasteiger partial charge on any atom is -0.594 e. The normalized spacial score (nSPS) is 11.3. The Balaban J connectivity index is 2.01. The third kappa shape index (κ3) is 3.91. The van der Waals surface area contributed by atoms with Gasteiger partial charge in [0.1, 0.15) is 0 Å². The van der Waals surface area contributed by atoms with Crippen LogP contribution in [-0.4, -0.2) is 11.0 Å². The zero-order chi connectivity index (χ0) is 20.5. The molecule has 0 fully saturated rings. The maximum atomic E-state index is 12.8. The number of carbonyl (C=O) groups is 1. The first kappa shape index (κ1) is 19.6. The predicted molar refractivity (Wildman–Crippen MR) is 97.8 cm³/mol. The topological polar surface area (TPSA) is 68.9 Å². The highest BCUT2D eigenvalue weighted by atomic mass is 35.5. The zero-order valence-electron chi connectivity index (χ0n) is 14.4. The highest BCUT2D eigenvalue weighted by molar-refractivity contribution is 6.34. The van der Waals surface area contributed by atoms with E-state index in [4.69, 9.17) is 11.6 Å². The molecule has 1 amide bonds. The van der Waals surface area contributed by atoms with Gasteiger partial charge in [0.25, 0.3) is 5.91 Å². The van der Waals surface area contributed by atoms with Gasteiger partial charge in [-0.3, -0.25) is 4.79 Å². The molecule has 0 atom stereocenters. The Kier molecular flexibility index (Phi) is 5.24. The minimum atomic E-state index is -4.48. The Morgan fingerprint density at radius 1 is 1.11 bits per heavy atom. The summed E-state index contributed by atoms with van der Waals surface area (Å²) in [6.45, 7) is 1.49. The van der Waals surface area contributed by atoms with Crippen molar-refractivity contribution in [3.8, 4) is 11.1 Å². The number of nitrogens with zero attached hydrogens (tertiary/aromatic N) is 2. The predicted octanol–water partition coefficient (Wildman–Crippen LogP) is 4.61. The number of aromatic nitrogens is 2. The second-order valence-corrected chi connectivity index (χ2v) is 6.25. The van der Waals surface area contributed by atoms with Crippen LogP contribution in [0, 0.1) is 12.1 Å². The number of hydrogen-bond donors (Lipinski definition) is 1. The molecule has 2 aromatic carbocycles. The van der Waals surface area contributed by atoms with Crippen LogP contribution in [-0.2, 0) is 6.18 Å². The van der Waals surface area contributed by atoms with Crippen LogP contribution in [0.2, 0.25) is 5.15 Å². The maximum Gasteiger partial charge on any atom is 0.416 e. The number of carbonyl (C=O) groups excluding carboxylic acids is 1. The van der Waals surface area contributed by atoms with Crippen molar-refractivity contribution in [1.82, 2.24) is 5.10 Å². The smallest absolute Gasteiger partial charge is 0.416 e. The third-order valence-corrected chi connectivity index (χ3v) is 4.31. The number of benzene rings is 2. The van der Waals surface area contributed by atoms with Gasteiger partial charge in [0.2, 0.25) is 10.8 Å². The zero-order valence-corrected chi connectivity index (χ0v) is 15.2. The third-order valence-electron chi connectivity index (χ3n) is 4.04. The van der Waals surface area contributed by atoms with Gasteiger partial charge in [-0.05, 0) is 29.8 Å². The summed E-state index contributed by atoms with van der Waals surface area (Å²) in [5.41, 5.74) is 0.291. The average molecular weight is 408 g/mol. The summed E-state index contributed by atoms with van der Waals surface area (Å²) in [6, 6.07) is 12.6. The van der Waals surface area contributed by atoms with Crippen molar-refractivity contribution in [3.05, 3.63) is 81.8 Å². The fourth-order valence-electron chi connectivity index (χ4n) is 2.69. The Labute approximate surface area is 163 Å². The molecule has 1 aromatic heterocycles. The van der Waals surface area contributed by atoms with Crippen LogP contribution in [0.4, 0.5) is 18.9 Å². The van der Waals surface area contributed by atoms with E-state index in [1.165, 1.54) is 6.92 Å². The van der Waals surface area contributed by atoms with Crippen molar-refractivity contribution < 1.29 is 22.8 Å². The molecule has 0 aliphatic rings. The molecule has 9 heteroatoms. The highest BCUT2D eigenvalue weighted by Gasteiger charge is 2.30. The number of anilines is 1. The second kappa shape index (κ2) is 7.47. The molecular formula is C19H13ClF3N3O2. The van der Waals surface area contributed by atoms with Gasteiger partial charge in [0, 0.05) is 17.7 Å². The van der Waals surface area contributed by atoms with Gasteiger partial charge >= 0.3 is 6.18 Å². The summed E-state index contributed by atoms with van der Waals surface area (Å²) in [5.74, 6) is -0.695. The lowest BCUT2D eigenvalue weighted by Gasteiger charge is -2.13. The van der Waals surface area contributed by atoms with E-state index in [1.54, 1.807) is 30.3 Å². The first-order chi connectivity index (χ1) is 13.2. The van der Waals surface area contributed by atoms with Crippen LogP contribution < -0.4 is 10.2 Å². The molecule has 28 heavy (non-hydrogen) atoms. The molecule has 0 bridgehead atoms. The van der Waals surface area contributed by atoms with E-state index < -0.39 is 17.6 Å². The number of rotatable bonds is 3. The van der Waals surface area contributed by atoms with E-state index in [0.29, 0.717) is 16.0 Å². The lowest BCUT2D eigenvalue weighted by molar-refractivity contribution is -0.674. The Morgan fingerprint density at radius 2 is 1.71 bits per heavy atom. The molecule has 0 aliphatic carbocycles. The first-order valence-electron chi connectivity index (χ1n) is 8.02. The van der Waals surface area contributed by atoms with E-state index in [9.17, 15) is 23.2 Å². The highest BCUT2D eigenvalue weighted by Crippen LogP contribution is 2.32. The standard InChI is InChI=1S/C19H13ClF3N3O2/c1-11-15(12-5-3-2-4-6-12)16(17(20)25-26(11)28)18(27)24-14-9-7-13(8-10-14)19(21,22)23/h2-10H,1H3,(H,24,27). The molecule has 3 aromatic rings. The molecule has 0 aliphatic heterocycles. The summed E-state index contributed by atoms with van der Waals surface area (Å²) in [4.78, 5) is 13.1. The molecule has 3 rings (SSSR count). The van der Waals surface area contributed by atoms with Crippen LogP contribution in [0.3, 0.4) is 0 Å². The molecule has 0 unspecified atom stereocenters. The summed E-state index contributed by atoms with van der Waals surface area (Å²) < 4.78 is 38.0. The largest absolute Gasteiger partial charge is 0.594 e. The number of nitrogens with one attached hydrogen (secondary N) is 1. The molecular weight excluding hydrogens is 395 g/mol. The van der Waals surface area contributed by atoms with Gasteiger partial charge in [-0.1, -0.05) is 46.8 Å². The van der Waals surface area contributed by atoms with Crippen LogP contribution in [0.5, 0.6) is 0 Å². The van der Waals surface area contributed by atoms with Gasteiger partial charge in [0.05, 0.1) is 16.7 Å². The average Bonchev–Trinajstić information content (AvgIpc) is 2.64. The number of halogens is 4. The molecule has 0 saturated heterocycles. The van der Waals surface area contributed by atoms with E-state index in [-0.39, 0.29) is 22.1 Å². The van der Waals surface area contributed by atoms with Gasteiger partial charge in [-0.25, -0.2) is 0 Å². The number of amides is 1. The lowest BCUT2D eigenvalue weighted by Crippen LogP contribution is -2.37. The molecule has 144 valence electrons. The van der Waals surface area contributed by atoms with E-state index in [2.05, 4.69) is 10.4 Å². The van der Waals surface area contributed by atoms with Crippen molar-refractivity contribution >= 4 is 23.2 Å². The van der Waals surface area contributed by atoms with Crippen LogP contribution in [0.15, 0.2) is 54.6 Å². The maximum absolute atomic E-state index is 12.8. The van der Waals surface area contributed by atoms with Crippen molar-refractivity contribution in [2.45, 2.75) is 13.1 Å². The second-order valence-electron chi connectivity index (χ2n) is 5.89.